The molecule has 1 heterocycles. The van der Waals surface area contributed by atoms with Crippen molar-refractivity contribution in [3.63, 3.8) is 0 Å². The van der Waals surface area contributed by atoms with Crippen molar-refractivity contribution >= 4 is 23.3 Å². The van der Waals surface area contributed by atoms with E-state index < -0.39 is 0 Å². The summed E-state index contributed by atoms with van der Waals surface area (Å²) >= 11 is 1.51. The van der Waals surface area contributed by atoms with E-state index in [1.807, 2.05) is 42.2 Å². The van der Waals surface area contributed by atoms with Crippen molar-refractivity contribution in [1.29, 1.82) is 0 Å². The molecule has 3 N–H and O–H groups in total. The van der Waals surface area contributed by atoms with Crippen LogP contribution in [0.2, 0.25) is 0 Å². The molecule has 0 aliphatic carbocycles. The summed E-state index contributed by atoms with van der Waals surface area (Å²) in [4.78, 5) is 11.5. The number of nitrogen functional groups attached to an aromatic ring is 1. The van der Waals surface area contributed by atoms with Crippen molar-refractivity contribution in [2.45, 2.75) is 16.8 Å². The molecule has 0 fully saturated rings. The maximum Gasteiger partial charge on any atom is 0.156 e. The molecule has 106 valence electrons. The number of nitrogens with two attached hydrogens (primary N) is 1. The van der Waals surface area contributed by atoms with Crippen LogP contribution in [0.1, 0.15) is 6.92 Å². The molecule has 2 aromatic rings. The Morgan fingerprint density at radius 3 is 2.65 bits per heavy atom. The summed E-state index contributed by atoms with van der Waals surface area (Å²) in [5.41, 5.74) is 6.72. The van der Waals surface area contributed by atoms with Gasteiger partial charge in [0.25, 0.3) is 0 Å². The van der Waals surface area contributed by atoms with Gasteiger partial charge in [0.05, 0.1) is 6.61 Å². The Morgan fingerprint density at radius 1 is 1.25 bits per heavy atom. The minimum Gasteiger partial charge on any atom is -0.395 e. The summed E-state index contributed by atoms with van der Waals surface area (Å²) in [5, 5.41) is 9.83. The number of nitrogens with zero attached hydrogens (tertiary/aromatic N) is 3. The number of aliphatic hydroxyl groups is 1. The highest BCUT2D eigenvalue weighted by Gasteiger charge is 2.14. The van der Waals surface area contributed by atoms with E-state index in [4.69, 9.17) is 10.8 Å². The van der Waals surface area contributed by atoms with Gasteiger partial charge in [0, 0.05) is 18.0 Å². The summed E-state index contributed by atoms with van der Waals surface area (Å²) in [6.07, 6.45) is 1.51. The summed E-state index contributed by atoms with van der Waals surface area (Å²) < 4.78 is 0. The smallest absolute Gasteiger partial charge is 0.156 e. The lowest BCUT2D eigenvalue weighted by Crippen LogP contribution is -2.28. The van der Waals surface area contributed by atoms with Gasteiger partial charge in [0.2, 0.25) is 0 Å². The van der Waals surface area contributed by atoms with Gasteiger partial charge in [-0.3, -0.25) is 0 Å². The van der Waals surface area contributed by atoms with Crippen LogP contribution < -0.4 is 10.6 Å². The molecule has 1 aromatic heterocycles. The number of anilines is 2. The van der Waals surface area contributed by atoms with Crippen molar-refractivity contribution in [2.24, 2.45) is 0 Å². The molecule has 20 heavy (non-hydrogen) atoms. The third-order valence-corrected chi connectivity index (χ3v) is 3.86. The summed E-state index contributed by atoms with van der Waals surface area (Å²) in [7, 11) is 0. The monoisotopic (exact) mass is 290 g/mol. The first-order valence-electron chi connectivity index (χ1n) is 6.45. The van der Waals surface area contributed by atoms with Gasteiger partial charge in [-0.25, -0.2) is 9.97 Å². The Kier molecular flexibility index (Phi) is 5.20. The predicted octanol–water partition coefficient (Wildman–Crippen LogP) is 2.03. The fourth-order valence-corrected chi connectivity index (χ4v) is 2.66. The number of aromatic nitrogens is 2. The lowest BCUT2D eigenvalue weighted by Gasteiger charge is -2.22. The molecule has 0 aliphatic heterocycles. The lowest BCUT2D eigenvalue weighted by molar-refractivity contribution is 0.302. The highest BCUT2D eigenvalue weighted by molar-refractivity contribution is 7.99. The molecule has 0 amide bonds. The minimum absolute atomic E-state index is 0.0679. The number of rotatable bonds is 6. The molecular weight excluding hydrogens is 272 g/mol. The first kappa shape index (κ1) is 14.6. The lowest BCUT2D eigenvalue weighted by atomic mass is 10.4. The number of hydrogen-bond acceptors (Lipinski definition) is 6. The van der Waals surface area contributed by atoms with E-state index in [0.717, 1.165) is 16.5 Å². The van der Waals surface area contributed by atoms with Crippen molar-refractivity contribution in [1.82, 2.24) is 9.97 Å². The molecule has 1 aromatic carbocycles. The van der Waals surface area contributed by atoms with Crippen molar-refractivity contribution in [2.75, 3.05) is 30.3 Å². The summed E-state index contributed by atoms with van der Waals surface area (Å²) in [5.74, 6) is 0.676. The fourth-order valence-electron chi connectivity index (χ4n) is 1.84. The van der Waals surface area contributed by atoms with Crippen LogP contribution in [-0.4, -0.2) is 34.8 Å². The second-order valence-electron chi connectivity index (χ2n) is 4.13. The normalized spacial score (nSPS) is 10.5. The zero-order chi connectivity index (χ0) is 14.4. The van der Waals surface area contributed by atoms with Gasteiger partial charge < -0.3 is 15.7 Å². The van der Waals surface area contributed by atoms with Crippen LogP contribution in [0.5, 0.6) is 0 Å². The molecule has 0 atom stereocenters. The largest absolute Gasteiger partial charge is 0.395 e. The van der Waals surface area contributed by atoms with Gasteiger partial charge in [-0.15, -0.1) is 0 Å². The number of hydrogen-bond donors (Lipinski definition) is 2. The van der Waals surface area contributed by atoms with Gasteiger partial charge in [0.1, 0.15) is 17.0 Å². The minimum atomic E-state index is 0.0679. The van der Waals surface area contributed by atoms with Crippen LogP contribution in [-0.2, 0) is 0 Å². The van der Waals surface area contributed by atoms with Crippen LogP contribution in [0.15, 0.2) is 46.6 Å². The van der Waals surface area contributed by atoms with Crippen LogP contribution in [0.4, 0.5) is 11.5 Å². The van der Waals surface area contributed by atoms with Crippen LogP contribution in [0, 0.1) is 0 Å². The van der Waals surface area contributed by atoms with Gasteiger partial charge in [-0.1, -0.05) is 30.0 Å². The van der Waals surface area contributed by atoms with Crippen molar-refractivity contribution < 1.29 is 5.11 Å². The van der Waals surface area contributed by atoms with Crippen molar-refractivity contribution in [3.05, 3.63) is 36.7 Å². The van der Waals surface area contributed by atoms with Gasteiger partial charge >= 0.3 is 0 Å². The van der Waals surface area contributed by atoms with Gasteiger partial charge in [-0.05, 0) is 19.1 Å². The number of benzene rings is 1. The average Bonchev–Trinajstić information content (AvgIpc) is 2.48. The zero-order valence-electron chi connectivity index (χ0n) is 11.4. The number of aliphatic hydroxyl groups excluding tert-OH is 1. The molecule has 5 nitrogen and oxygen atoms in total. The maximum absolute atomic E-state index is 9.09. The second kappa shape index (κ2) is 7.12. The molecular formula is C14H18N4OS. The van der Waals surface area contributed by atoms with E-state index in [1.54, 1.807) is 0 Å². The Labute approximate surface area is 122 Å². The molecule has 0 aliphatic rings. The van der Waals surface area contributed by atoms with Crippen LogP contribution in [0.25, 0.3) is 0 Å². The summed E-state index contributed by atoms with van der Waals surface area (Å²) in [6.45, 7) is 3.31. The van der Waals surface area contributed by atoms with E-state index in [2.05, 4.69) is 9.97 Å². The molecule has 0 unspecified atom stereocenters. The first-order valence-corrected chi connectivity index (χ1v) is 7.27. The van der Waals surface area contributed by atoms with E-state index in [-0.39, 0.29) is 6.61 Å². The zero-order valence-corrected chi connectivity index (χ0v) is 12.2. The SMILES string of the molecule is CCN(CCO)c1ncnc(Sc2ccccc2)c1N. The molecule has 0 bridgehead atoms. The van der Waals surface area contributed by atoms with Gasteiger partial charge in [0.15, 0.2) is 5.82 Å². The molecule has 0 spiro atoms. The fraction of sp³-hybridized carbons (Fsp3) is 0.286. The molecule has 6 heteroatoms. The third-order valence-electron chi connectivity index (χ3n) is 2.84. The topological polar surface area (TPSA) is 75.3 Å². The highest BCUT2D eigenvalue weighted by atomic mass is 32.2. The van der Waals surface area contributed by atoms with E-state index in [9.17, 15) is 0 Å². The quantitative estimate of drug-likeness (QED) is 0.793. The molecule has 2 rings (SSSR count). The predicted molar refractivity (Wildman–Crippen MR) is 82.0 cm³/mol. The second-order valence-corrected chi connectivity index (χ2v) is 5.20. The Morgan fingerprint density at radius 2 is 2.00 bits per heavy atom. The van der Waals surface area contributed by atoms with E-state index in [1.165, 1.54) is 18.1 Å². The van der Waals surface area contributed by atoms with E-state index in [0.29, 0.717) is 18.1 Å². The van der Waals surface area contributed by atoms with Crippen molar-refractivity contribution in [3.8, 4) is 0 Å². The molecule has 0 saturated carbocycles. The molecule has 0 saturated heterocycles. The van der Waals surface area contributed by atoms with E-state index >= 15 is 0 Å². The summed E-state index contributed by atoms with van der Waals surface area (Å²) in [6, 6.07) is 9.95. The van der Waals surface area contributed by atoms with Crippen LogP contribution in [0.3, 0.4) is 0 Å². The maximum atomic E-state index is 9.09. The third kappa shape index (κ3) is 3.40. The molecule has 0 radical (unpaired) electrons. The standard InChI is InChI=1S/C14H18N4OS/c1-2-18(8-9-19)13-12(15)14(17-10-16-13)20-11-6-4-3-5-7-11/h3-7,10,19H,2,8-9,15H2,1H3. The first-order chi connectivity index (χ1) is 9.76. The Hall–Kier alpha value is -1.79. The van der Waals surface area contributed by atoms with Crippen LogP contribution >= 0.6 is 11.8 Å². The Bertz CT molecular complexity index is 550. The van der Waals surface area contributed by atoms with Gasteiger partial charge in [-0.2, -0.15) is 0 Å². The highest BCUT2D eigenvalue weighted by Crippen LogP contribution is 2.33. The Balaban J connectivity index is 2.27. The number of likely N-dealkylation sites (N-methyl/N-ethyl adjacent to an activating group) is 1. The average molecular weight is 290 g/mol.